The Labute approximate surface area is 191 Å². The van der Waals surface area contributed by atoms with Gasteiger partial charge in [-0.1, -0.05) is 25.5 Å². The lowest BCUT2D eigenvalue weighted by Crippen LogP contribution is -2.42. The zero-order valence-corrected chi connectivity index (χ0v) is 19.7. The van der Waals surface area contributed by atoms with Crippen molar-refractivity contribution in [3.8, 4) is 5.75 Å². The number of nitrogens with two attached hydrogens (primary N) is 1. The molecule has 1 aromatic heterocycles. The van der Waals surface area contributed by atoms with Crippen LogP contribution < -0.4 is 21.1 Å². The molecule has 1 aromatic carbocycles. The highest BCUT2D eigenvalue weighted by atomic mass is 16.5. The van der Waals surface area contributed by atoms with E-state index < -0.39 is 0 Å². The van der Waals surface area contributed by atoms with E-state index in [4.69, 9.17) is 10.5 Å². The average molecular weight is 443 g/mol. The van der Waals surface area contributed by atoms with Crippen LogP contribution in [-0.2, 0) is 13.0 Å². The summed E-state index contributed by atoms with van der Waals surface area (Å²) in [6, 6.07) is 6.61. The largest absolute Gasteiger partial charge is 0.496 e. The molecule has 0 radical (unpaired) electrons. The Kier molecular flexibility index (Phi) is 9.08. The Morgan fingerprint density at radius 3 is 2.72 bits per heavy atom. The van der Waals surface area contributed by atoms with Crippen LogP contribution in [0.25, 0.3) is 0 Å². The quantitative estimate of drug-likeness (QED) is 0.420. The van der Waals surface area contributed by atoms with Crippen molar-refractivity contribution >= 4 is 11.8 Å². The van der Waals surface area contributed by atoms with Gasteiger partial charge in [-0.25, -0.2) is 4.98 Å². The fraction of sp³-hybridized carbons (Fsp3) is 0.583. The molecule has 0 bridgehead atoms. The zero-order valence-electron chi connectivity index (χ0n) is 19.7. The van der Waals surface area contributed by atoms with Crippen molar-refractivity contribution < 1.29 is 9.84 Å². The predicted octanol–water partition coefficient (Wildman–Crippen LogP) is 2.33. The molecular weight excluding hydrogens is 404 g/mol. The van der Waals surface area contributed by atoms with E-state index in [1.54, 1.807) is 7.11 Å². The number of anilines is 2. The summed E-state index contributed by atoms with van der Waals surface area (Å²) >= 11 is 0. The van der Waals surface area contributed by atoms with Gasteiger partial charge in [0.1, 0.15) is 11.6 Å². The number of aromatic nitrogens is 2. The highest BCUT2D eigenvalue weighted by molar-refractivity contribution is 5.53. The number of nitrogens with one attached hydrogen (secondary N) is 2. The Bertz CT molecular complexity index is 864. The minimum absolute atomic E-state index is 0.134. The summed E-state index contributed by atoms with van der Waals surface area (Å²) in [5.74, 6) is 1.88. The molecule has 2 aromatic rings. The molecule has 8 heteroatoms. The van der Waals surface area contributed by atoms with Crippen LogP contribution >= 0.6 is 0 Å². The van der Waals surface area contributed by atoms with Crippen LogP contribution in [0.4, 0.5) is 11.8 Å². The second-order valence-corrected chi connectivity index (χ2v) is 8.49. The summed E-state index contributed by atoms with van der Waals surface area (Å²) < 4.78 is 5.76. The number of aliphatic hydroxyl groups is 1. The number of hydrogen-bond acceptors (Lipinski definition) is 8. The van der Waals surface area contributed by atoms with Crippen molar-refractivity contribution in [2.75, 3.05) is 50.9 Å². The number of nitrogens with zero attached hydrogens (tertiary/aromatic N) is 3. The van der Waals surface area contributed by atoms with Gasteiger partial charge in [0, 0.05) is 63.1 Å². The van der Waals surface area contributed by atoms with Crippen molar-refractivity contribution in [1.82, 2.24) is 20.2 Å². The highest BCUT2D eigenvalue weighted by Crippen LogP contribution is 2.28. The maximum absolute atomic E-state index is 9.45. The molecule has 1 unspecified atom stereocenters. The first-order valence-corrected chi connectivity index (χ1v) is 11.6. The molecule has 5 N–H and O–H groups in total. The maximum Gasteiger partial charge on any atom is 0.222 e. The molecular formula is C24H38N6O2. The Morgan fingerprint density at radius 1 is 1.25 bits per heavy atom. The number of rotatable bonds is 11. The molecule has 1 atom stereocenters. The van der Waals surface area contributed by atoms with Crippen LogP contribution in [0, 0.1) is 6.92 Å². The van der Waals surface area contributed by atoms with Gasteiger partial charge in [-0.3, -0.25) is 4.90 Å². The molecule has 0 spiro atoms. The molecule has 3 rings (SSSR count). The van der Waals surface area contributed by atoms with Crippen molar-refractivity contribution in [3.05, 3.63) is 40.6 Å². The van der Waals surface area contributed by atoms with Crippen molar-refractivity contribution in [2.24, 2.45) is 0 Å². The summed E-state index contributed by atoms with van der Waals surface area (Å²) in [5.41, 5.74) is 10.2. The van der Waals surface area contributed by atoms with E-state index in [1.165, 1.54) is 5.56 Å². The van der Waals surface area contributed by atoms with Gasteiger partial charge in [-0.2, -0.15) is 4.98 Å². The van der Waals surface area contributed by atoms with E-state index in [9.17, 15) is 5.11 Å². The van der Waals surface area contributed by atoms with E-state index in [0.29, 0.717) is 12.8 Å². The molecule has 32 heavy (non-hydrogen) atoms. The number of nitrogen functional groups attached to an aromatic ring is 1. The number of aliphatic hydroxyl groups excluding tert-OH is 1. The molecule has 1 aliphatic heterocycles. The summed E-state index contributed by atoms with van der Waals surface area (Å²) in [5, 5.41) is 16.4. The summed E-state index contributed by atoms with van der Waals surface area (Å²) in [6.07, 6.45) is 3.28. The number of ether oxygens (including phenoxy) is 1. The van der Waals surface area contributed by atoms with E-state index in [2.05, 4.69) is 50.6 Å². The van der Waals surface area contributed by atoms with Crippen LogP contribution in [0.15, 0.2) is 18.2 Å². The van der Waals surface area contributed by atoms with E-state index >= 15 is 0 Å². The third-order valence-electron chi connectivity index (χ3n) is 6.02. The fourth-order valence-corrected chi connectivity index (χ4v) is 4.29. The number of benzene rings is 1. The van der Waals surface area contributed by atoms with Gasteiger partial charge in [-0.15, -0.1) is 0 Å². The summed E-state index contributed by atoms with van der Waals surface area (Å²) in [6.45, 7) is 9.36. The molecule has 1 aliphatic rings. The van der Waals surface area contributed by atoms with Crippen LogP contribution in [-0.4, -0.2) is 65.9 Å². The topological polar surface area (TPSA) is 109 Å². The Morgan fingerprint density at radius 2 is 2.03 bits per heavy atom. The molecule has 8 nitrogen and oxygen atoms in total. The van der Waals surface area contributed by atoms with Gasteiger partial charge in [0.15, 0.2) is 0 Å². The molecule has 0 saturated carbocycles. The summed E-state index contributed by atoms with van der Waals surface area (Å²) in [7, 11) is 1.72. The van der Waals surface area contributed by atoms with E-state index in [0.717, 1.165) is 74.0 Å². The number of aryl methyl sites for hydroxylation is 1. The Hall–Kier alpha value is -2.42. The third-order valence-corrected chi connectivity index (χ3v) is 6.02. The van der Waals surface area contributed by atoms with E-state index in [1.807, 2.05) is 6.92 Å². The summed E-state index contributed by atoms with van der Waals surface area (Å²) in [4.78, 5) is 11.4. The standard InChI is InChI=1S/C24H38N6O2/c1-4-5-20(8-13-31)28-23-21(17(2)27-24(25)29-23)15-19-7-6-18(14-22(19)32-3)16-30-11-9-26-10-12-30/h6-7,14,20,26,31H,4-5,8-13,15-16H2,1-3H3,(H3,25,27,28,29). The van der Waals surface area contributed by atoms with Crippen LogP contribution in [0.3, 0.4) is 0 Å². The third kappa shape index (κ3) is 6.54. The second kappa shape index (κ2) is 12.0. The lowest BCUT2D eigenvalue weighted by Gasteiger charge is -2.27. The van der Waals surface area contributed by atoms with Gasteiger partial charge in [0.05, 0.1) is 7.11 Å². The van der Waals surface area contributed by atoms with Gasteiger partial charge < -0.3 is 26.2 Å². The van der Waals surface area contributed by atoms with Gasteiger partial charge >= 0.3 is 0 Å². The number of hydrogen-bond donors (Lipinski definition) is 4. The van der Waals surface area contributed by atoms with Crippen molar-refractivity contribution in [2.45, 2.75) is 52.1 Å². The second-order valence-electron chi connectivity index (χ2n) is 8.49. The lowest BCUT2D eigenvalue weighted by molar-refractivity contribution is 0.233. The lowest BCUT2D eigenvalue weighted by atomic mass is 10.0. The first-order valence-electron chi connectivity index (χ1n) is 11.6. The van der Waals surface area contributed by atoms with Gasteiger partial charge in [0.2, 0.25) is 5.95 Å². The monoisotopic (exact) mass is 442 g/mol. The molecule has 1 saturated heterocycles. The van der Waals surface area contributed by atoms with Crippen LogP contribution in [0.1, 0.15) is 48.6 Å². The molecule has 0 amide bonds. The average Bonchev–Trinajstić information content (AvgIpc) is 2.78. The van der Waals surface area contributed by atoms with Crippen LogP contribution in [0.2, 0.25) is 0 Å². The number of piperazine rings is 1. The minimum Gasteiger partial charge on any atom is -0.496 e. The van der Waals surface area contributed by atoms with Gasteiger partial charge in [0.25, 0.3) is 0 Å². The van der Waals surface area contributed by atoms with Crippen molar-refractivity contribution in [1.29, 1.82) is 0 Å². The van der Waals surface area contributed by atoms with E-state index in [-0.39, 0.29) is 18.6 Å². The maximum atomic E-state index is 9.45. The fourth-order valence-electron chi connectivity index (χ4n) is 4.29. The normalized spacial score (nSPS) is 15.5. The number of methoxy groups -OCH3 is 1. The first kappa shape index (κ1) is 24.2. The molecule has 0 aliphatic carbocycles. The predicted molar refractivity (Wildman–Crippen MR) is 129 cm³/mol. The Balaban J connectivity index is 1.83. The van der Waals surface area contributed by atoms with Crippen LogP contribution in [0.5, 0.6) is 5.75 Å². The zero-order chi connectivity index (χ0) is 22.9. The first-order chi connectivity index (χ1) is 15.5. The smallest absolute Gasteiger partial charge is 0.222 e. The molecule has 176 valence electrons. The van der Waals surface area contributed by atoms with Crippen molar-refractivity contribution in [3.63, 3.8) is 0 Å². The minimum atomic E-state index is 0.134. The molecule has 2 heterocycles. The van der Waals surface area contributed by atoms with Gasteiger partial charge in [-0.05, 0) is 37.0 Å². The molecule has 1 fully saturated rings. The SMILES string of the molecule is CCCC(CCO)Nc1nc(N)nc(C)c1Cc1ccc(CN2CCNCC2)cc1OC. The highest BCUT2D eigenvalue weighted by Gasteiger charge is 2.18.